The van der Waals surface area contributed by atoms with Crippen LogP contribution in [0.25, 0.3) is 0 Å². The molecule has 0 bridgehead atoms. The van der Waals surface area contributed by atoms with Gasteiger partial charge in [-0.25, -0.2) is 4.98 Å². The fourth-order valence-corrected chi connectivity index (χ4v) is 1.89. The Hall–Kier alpha value is -2.61. The van der Waals surface area contributed by atoms with E-state index in [-0.39, 0.29) is 0 Å². The average molecular weight is 267 g/mol. The van der Waals surface area contributed by atoms with Crippen molar-refractivity contribution in [2.75, 3.05) is 23.3 Å². The molecule has 0 radical (unpaired) electrons. The summed E-state index contributed by atoms with van der Waals surface area (Å²) in [5.41, 5.74) is 1.02. The van der Waals surface area contributed by atoms with E-state index in [9.17, 15) is 0 Å². The Morgan fingerprint density at radius 3 is 2.75 bits per heavy atom. The molecule has 1 N–H and O–H groups in total. The molecule has 0 spiro atoms. The largest absolute Gasteiger partial charge is 0.354 e. The van der Waals surface area contributed by atoms with E-state index in [0.717, 1.165) is 18.1 Å². The molecule has 0 aliphatic carbocycles. The number of rotatable bonds is 6. The van der Waals surface area contributed by atoms with Gasteiger partial charge in [-0.2, -0.15) is 10.2 Å². The van der Waals surface area contributed by atoms with Crippen LogP contribution in [0.2, 0.25) is 0 Å². The maximum atomic E-state index is 8.83. The second-order valence-corrected chi connectivity index (χ2v) is 4.16. The third-order valence-electron chi connectivity index (χ3n) is 2.77. The summed E-state index contributed by atoms with van der Waals surface area (Å²) in [5, 5.41) is 11.9. The van der Waals surface area contributed by atoms with E-state index >= 15 is 0 Å². The number of nitrogens with zero attached hydrogens (tertiary/aromatic N) is 4. The van der Waals surface area contributed by atoms with Crippen LogP contribution in [-0.2, 0) is 0 Å². The van der Waals surface area contributed by atoms with Gasteiger partial charge in [0.25, 0.3) is 0 Å². The molecule has 1 aromatic heterocycles. The molecule has 0 aliphatic rings. The van der Waals surface area contributed by atoms with Crippen LogP contribution in [0.3, 0.4) is 0 Å². The molecule has 5 nitrogen and oxygen atoms in total. The summed E-state index contributed by atoms with van der Waals surface area (Å²) in [6.07, 6.45) is 2.16. The first-order chi connectivity index (χ1) is 9.85. The fourth-order valence-electron chi connectivity index (χ4n) is 1.89. The van der Waals surface area contributed by atoms with Crippen LogP contribution in [0.1, 0.15) is 13.3 Å². The summed E-state index contributed by atoms with van der Waals surface area (Å²) in [5.74, 6) is 1.39. The molecule has 5 heteroatoms. The van der Waals surface area contributed by atoms with Gasteiger partial charge in [-0.05, 0) is 25.1 Å². The maximum absolute atomic E-state index is 8.83. The first kappa shape index (κ1) is 13.8. The predicted molar refractivity (Wildman–Crippen MR) is 79.9 cm³/mol. The predicted octanol–water partition coefficient (Wildman–Crippen LogP) is 2.96. The molecule has 0 unspecified atom stereocenters. The molecule has 0 saturated carbocycles. The SMILES string of the molecule is CCNc1nccc(N(CCC#N)c2ccccc2)n1. The normalized spacial score (nSPS) is 9.80. The van der Waals surface area contributed by atoms with Crippen molar-refractivity contribution in [3.05, 3.63) is 42.6 Å². The lowest BCUT2D eigenvalue weighted by Gasteiger charge is -2.23. The number of hydrogen-bond acceptors (Lipinski definition) is 5. The van der Waals surface area contributed by atoms with Crippen molar-refractivity contribution in [2.45, 2.75) is 13.3 Å². The van der Waals surface area contributed by atoms with Crippen molar-refractivity contribution >= 4 is 17.5 Å². The zero-order valence-corrected chi connectivity index (χ0v) is 11.5. The summed E-state index contributed by atoms with van der Waals surface area (Å²) in [7, 11) is 0. The average Bonchev–Trinajstić information content (AvgIpc) is 2.50. The van der Waals surface area contributed by atoms with Crippen LogP contribution < -0.4 is 10.2 Å². The van der Waals surface area contributed by atoms with Crippen molar-refractivity contribution in [1.29, 1.82) is 5.26 Å². The lowest BCUT2D eigenvalue weighted by molar-refractivity contribution is 0.918. The molecule has 0 atom stereocenters. The van der Waals surface area contributed by atoms with Gasteiger partial charge in [0.15, 0.2) is 0 Å². The molecule has 1 heterocycles. The number of nitrogens with one attached hydrogen (secondary N) is 1. The molecule has 2 aromatic rings. The highest BCUT2D eigenvalue weighted by Crippen LogP contribution is 2.23. The van der Waals surface area contributed by atoms with Gasteiger partial charge in [-0.3, -0.25) is 0 Å². The second kappa shape index (κ2) is 7.10. The molecule has 0 amide bonds. The number of nitriles is 1. The number of benzene rings is 1. The van der Waals surface area contributed by atoms with E-state index in [1.165, 1.54) is 0 Å². The van der Waals surface area contributed by atoms with Crippen LogP contribution in [0.15, 0.2) is 42.6 Å². The van der Waals surface area contributed by atoms with Gasteiger partial charge < -0.3 is 10.2 Å². The van der Waals surface area contributed by atoms with E-state index in [1.807, 2.05) is 48.2 Å². The first-order valence-electron chi connectivity index (χ1n) is 6.61. The Balaban J connectivity index is 2.31. The highest BCUT2D eigenvalue weighted by molar-refractivity contribution is 5.60. The number of aromatic nitrogens is 2. The van der Waals surface area contributed by atoms with E-state index in [0.29, 0.717) is 18.9 Å². The monoisotopic (exact) mass is 267 g/mol. The zero-order valence-electron chi connectivity index (χ0n) is 11.5. The Morgan fingerprint density at radius 1 is 1.25 bits per heavy atom. The van der Waals surface area contributed by atoms with E-state index in [4.69, 9.17) is 5.26 Å². The summed E-state index contributed by atoms with van der Waals surface area (Å²) in [4.78, 5) is 10.7. The molecular formula is C15H17N5. The van der Waals surface area contributed by atoms with E-state index in [1.54, 1.807) is 6.20 Å². The quantitative estimate of drug-likeness (QED) is 0.871. The lowest BCUT2D eigenvalue weighted by Crippen LogP contribution is -2.20. The molecule has 0 saturated heterocycles. The van der Waals surface area contributed by atoms with Crippen molar-refractivity contribution in [2.24, 2.45) is 0 Å². The first-order valence-corrected chi connectivity index (χ1v) is 6.61. The zero-order chi connectivity index (χ0) is 14.2. The number of hydrogen-bond donors (Lipinski definition) is 1. The minimum atomic E-state index is 0.440. The molecule has 20 heavy (non-hydrogen) atoms. The minimum absolute atomic E-state index is 0.440. The highest BCUT2D eigenvalue weighted by atomic mass is 15.2. The van der Waals surface area contributed by atoms with Crippen LogP contribution >= 0.6 is 0 Å². The molecule has 1 aromatic carbocycles. The highest BCUT2D eigenvalue weighted by Gasteiger charge is 2.11. The van der Waals surface area contributed by atoms with Crippen LogP contribution in [0.5, 0.6) is 0 Å². The van der Waals surface area contributed by atoms with Gasteiger partial charge in [0.2, 0.25) is 5.95 Å². The Morgan fingerprint density at radius 2 is 2.05 bits per heavy atom. The van der Waals surface area contributed by atoms with Gasteiger partial charge in [-0.1, -0.05) is 18.2 Å². The summed E-state index contributed by atoms with van der Waals surface area (Å²) >= 11 is 0. The second-order valence-electron chi connectivity index (χ2n) is 4.16. The third-order valence-corrected chi connectivity index (χ3v) is 2.77. The molecule has 0 aliphatic heterocycles. The smallest absolute Gasteiger partial charge is 0.224 e. The molecular weight excluding hydrogens is 250 g/mol. The Kier molecular flexibility index (Phi) is 4.90. The van der Waals surface area contributed by atoms with E-state index in [2.05, 4.69) is 21.4 Å². The number of anilines is 3. The molecule has 2 rings (SSSR count). The standard InChI is InChI=1S/C15H17N5/c1-2-17-15-18-11-9-14(19-15)20(12-6-10-16)13-7-4-3-5-8-13/h3-5,7-9,11H,2,6,12H2,1H3,(H,17,18,19). The Labute approximate surface area is 118 Å². The van der Waals surface area contributed by atoms with Crippen molar-refractivity contribution in [1.82, 2.24) is 9.97 Å². The van der Waals surface area contributed by atoms with Crippen LogP contribution in [0, 0.1) is 11.3 Å². The summed E-state index contributed by atoms with van der Waals surface area (Å²) < 4.78 is 0. The van der Waals surface area contributed by atoms with Gasteiger partial charge in [0.1, 0.15) is 5.82 Å². The van der Waals surface area contributed by atoms with Gasteiger partial charge in [0.05, 0.1) is 12.5 Å². The third kappa shape index (κ3) is 3.45. The number of para-hydroxylation sites is 1. The summed E-state index contributed by atoms with van der Waals surface area (Å²) in [6.45, 7) is 3.37. The van der Waals surface area contributed by atoms with Gasteiger partial charge in [0, 0.05) is 25.0 Å². The van der Waals surface area contributed by atoms with Crippen molar-refractivity contribution in [3.63, 3.8) is 0 Å². The minimum Gasteiger partial charge on any atom is -0.354 e. The maximum Gasteiger partial charge on any atom is 0.224 e. The fraction of sp³-hybridized carbons (Fsp3) is 0.267. The van der Waals surface area contributed by atoms with Crippen molar-refractivity contribution in [3.8, 4) is 6.07 Å². The Bertz CT molecular complexity index is 576. The van der Waals surface area contributed by atoms with E-state index < -0.39 is 0 Å². The summed E-state index contributed by atoms with van der Waals surface area (Å²) in [6, 6.07) is 14.0. The molecule has 102 valence electrons. The van der Waals surface area contributed by atoms with Gasteiger partial charge >= 0.3 is 0 Å². The lowest BCUT2D eigenvalue weighted by atomic mass is 10.2. The topological polar surface area (TPSA) is 64.8 Å². The molecule has 0 fully saturated rings. The van der Waals surface area contributed by atoms with Crippen molar-refractivity contribution < 1.29 is 0 Å². The van der Waals surface area contributed by atoms with Crippen LogP contribution in [0.4, 0.5) is 17.5 Å². The van der Waals surface area contributed by atoms with Crippen LogP contribution in [-0.4, -0.2) is 23.1 Å². The van der Waals surface area contributed by atoms with Gasteiger partial charge in [-0.15, -0.1) is 0 Å².